The van der Waals surface area contributed by atoms with Crippen molar-refractivity contribution < 1.29 is 9.59 Å². The monoisotopic (exact) mass is 324 g/mol. The fraction of sp³-hybridized carbons (Fsp3) is 0.882. The molecule has 6 heteroatoms. The molecule has 3 N–H and O–H groups in total. The first kappa shape index (κ1) is 18.2. The predicted molar refractivity (Wildman–Crippen MR) is 91.0 cm³/mol. The molecule has 2 aliphatic rings. The van der Waals surface area contributed by atoms with Gasteiger partial charge in [-0.25, -0.2) is 4.79 Å². The second-order valence-corrected chi connectivity index (χ2v) is 7.67. The zero-order valence-electron chi connectivity index (χ0n) is 15.0. The SMILES string of the molecule is CCC(N)(CC)CN1C(=O)NC2(CCN(CC(C)C)CC2)C1=O. The Kier molecular flexibility index (Phi) is 5.36. The average molecular weight is 324 g/mol. The van der Waals surface area contributed by atoms with Crippen LogP contribution in [-0.4, -0.2) is 59.0 Å². The van der Waals surface area contributed by atoms with Gasteiger partial charge >= 0.3 is 6.03 Å². The van der Waals surface area contributed by atoms with E-state index >= 15 is 0 Å². The van der Waals surface area contributed by atoms with Crippen molar-refractivity contribution in [1.29, 1.82) is 0 Å². The number of rotatable bonds is 6. The van der Waals surface area contributed by atoms with Gasteiger partial charge in [-0.05, 0) is 31.6 Å². The van der Waals surface area contributed by atoms with Crippen LogP contribution in [0.25, 0.3) is 0 Å². The summed E-state index contributed by atoms with van der Waals surface area (Å²) < 4.78 is 0. The summed E-state index contributed by atoms with van der Waals surface area (Å²) in [6, 6.07) is -0.274. The van der Waals surface area contributed by atoms with Gasteiger partial charge in [0.15, 0.2) is 0 Å². The van der Waals surface area contributed by atoms with E-state index in [0.717, 1.165) is 32.5 Å². The largest absolute Gasteiger partial charge is 0.325 e. The van der Waals surface area contributed by atoms with Crippen LogP contribution in [0, 0.1) is 5.92 Å². The number of likely N-dealkylation sites (tertiary alicyclic amines) is 1. The van der Waals surface area contributed by atoms with E-state index in [1.807, 2.05) is 13.8 Å². The van der Waals surface area contributed by atoms with Crippen LogP contribution in [0.5, 0.6) is 0 Å². The number of carbonyl (C=O) groups excluding carboxylic acids is 2. The Morgan fingerprint density at radius 3 is 2.26 bits per heavy atom. The van der Waals surface area contributed by atoms with Gasteiger partial charge in [0.05, 0.1) is 0 Å². The van der Waals surface area contributed by atoms with Gasteiger partial charge in [-0.15, -0.1) is 0 Å². The van der Waals surface area contributed by atoms with Gasteiger partial charge in [-0.2, -0.15) is 0 Å². The molecule has 1 spiro atoms. The third-order valence-electron chi connectivity index (χ3n) is 5.46. The van der Waals surface area contributed by atoms with E-state index in [1.54, 1.807) is 0 Å². The number of carbonyl (C=O) groups is 2. The molecule has 0 unspecified atom stereocenters. The fourth-order valence-electron chi connectivity index (χ4n) is 3.58. The van der Waals surface area contributed by atoms with E-state index in [4.69, 9.17) is 5.73 Å². The molecule has 0 aromatic carbocycles. The average Bonchev–Trinajstić information content (AvgIpc) is 2.73. The van der Waals surface area contributed by atoms with Crippen molar-refractivity contribution in [3.63, 3.8) is 0 Å². The molecule has 23 heavy (non-hydrogen) atoms. The second kappa shape index (κ2) is 6.77. The zero-order chi connectivity index (χ0) is 17.3. The van der Waals surface area contributed by atoms with Crippen LogP contribution in [0.2, 0.25) is 0 Å². The van der Waals surface area contributed by atoms with Crippen molar-refractivity contribution >= 4 is 11.9 Å². The molecule has 0 radical (unpaired) electrons. The number of imide groups is 1. The summed E-state index contributed by atoms with van der Waals surface area (Å²) in [4.78, 5) is 29.0. The normalized spacial score (nSPS) is 22.3. The lowest BCUT2D eigenvalue weighted by Gasteiger charge is -2.38. The number of amides is 3. The number of urea groups is 1. The van der Waals surface area contributed by atoms with Gasteiger partial charge in [-0.1, -0.05) is 27.7 Å². The Bertz CT molecular complexity index is 452. The van der Waals surface area contributed by atoms with Crippen LogP contribution in [0.3, 0.4) is 0 Å². The van der Waals surface area contributed by atoms with E-state index < -0.39 is 11.1 Å². The maximum atomic E-state index is 12.9. The van der Waals surface area contributed by atoms with Gasteiger partial charge in [0.2, 0.25) is 0 Å². The number of piperidine rings is 1. The Labute approximate surface area is 139 Å². The van der Waals surface area contributed by atoms with E-state index in [0.29, 0.717) is 25.3 Å². The summed E-state index contributed by atoms with van der Waals surface area (Å²) in [6.07, 6.45) is 2.87. The highest BCUT2D eigenvalue weighted by molar-refractivity contribution is 6.07. The number of nitrogens with two attached hydrogens (primary N) is 1. The van der Waals surface area contributed by atoms with Gasteiger partial charge in [-0.3, -0.25) is 9.69 Å². The van der Waals surface area contributed by atoms with Crippen molar-refractivity contribution in [3.8, 4) is 0 Å². The molecule has 0 aromatic rings. The Morgan fingerprint density at radius 2 is 1.78 bits per heavy atom. The molecular formula is C17H32N4O2. The minimum atomic E-state index is -0.701. The smallest absolute Gasteiger partial charge is 0.324 e. The number of hydrogen-bond donors (Lipinski definition) is 2. The molecule has 2 saturated heterocycles. The van der Waals surface area contributed by atoms with Crippen LogP contribution in [0.1, 0.15) is 53.4 Å². The molecular weight excluding hydrogens is 292 g/mol. The summed E-state index contributed by atoms with van der Waals surface area (Å²) in [5.74, 6) is 0.532. The molecule has 3 amide bonds. The first-order chi connectivity index (χ1) is 10.7. The van der Waals surface area contributed by atoms with E-state index in [-0.39, 0.29) is 11.9 Å². The molecule has 0 bridgehead atoms. The zero-order valence-corrected chi connectivity index (χ0v) is 15.0. The molecule has 0 aliphatic carbocycles. The van der Waals surface area contributed by atoms with Gasteiger partial charge in [0.25, 0.3) is 5.91 Å². The van der Waals surface area contributed by atoms with Crippen molar-refractivity contribution in [2.24, 2.45) is 11.7 Å². The summed E-state index contributed by atoms with van der Waals surface area (Å²) in [6.45, 7) is 11.5. The maximum Gasteiger partial charge on any atom is 0.325 e. The molecule has 2 aliphatic heterocycles. The standard InChI is InChI=1S/C17H32N4O2/c1-5-16(18,6-2)12-21-14(22)17(19-15(21)23)7-9-20(10-8-17)11-13(3)4/h13H,5-12,18H2,1-4H3,(H,19,23). The first-order valence-electron chi connectivity index (χ1n) is 8.90. The highest BCUT2D eigenvalue weighted by Crippen LogP contribution is 2.31. The molecule has 2 heterocycles. The van der Waals surface area contributed by atoms with Crippen LogP contribution in [0.15, 0.2) is 0 Å². The molecule has 0 saturated carbocycles. The maximum absolute atomic E-state index is 12.9. The van der Waals surface area contributed by atoms with E-state index in [1.165, 1.54) is 4.90 Å². The molecule has 2 fully saturated rings. The Hall–Kier alpha value is -1.14. The van der Waals surface area contributed by atoms with E-state index in [9.17, 15) is 9.59 Å². The lowest BCUT2D eigenvalue weighted by molar-refractivity contribution is -0.133. The lowest BCUT2D eigenvalue weighted by atomic mass is 9.86. The highest BCUT2D eigenvalue weighted by Gasteiger charge is 2.53. The summed E-state index contributed by atoms with van der Waals surface area (Å²) in [5, 5.41) is 2.97. The lowest BCUT2D eigenvalue weighted by Crippen LogP contribution is -2.56. The van der Waals surface area contributed by atoms with Gasteiger partial charge in [0, 0.05) is 31.7 Å². The van der Waals surface area contributed by atoms with Crippen LogP contribution in [0.4, 0.5) is 4.79 Å². The summed E-state index contributed by atoms with van der Waals surface area (Å²) in [7, 11) is 0. The van der Waals surface area contributed by atoms with Gasteiger partial charge in [0.1, 0.15) is 5.54 Å². The minimum Gasteiger partial charge on any atom is -0.324 e. The fourth-order valence-corrected chi connectivity index (χ4v) is 3.58. The second-order valence-electron chi connectivity index (χ2n) is 7.67. The van der Waals surface area contributed by atoms with Crippen molar-refractivity contribution in [3.05, 3.63) is 0 Å². The van der Waals surface area contributed by atoms with Gasteiger partial charge < -0.3 is 16.0 Å². The molecule has 6 nitrogen and oxygen atoms in total. The van der Waals surface area contributed by atoms with Crippen LogP contribution < -0.4 is 11.1 Å². The topological polar surface area (TPSA) is 78.7 Å². The van der Waals surface area contributed by atoms with Crippen molar-refractivity contribution in [2.75, 3.05) is 26.2 Å². The van der Waals surface area contributed by atoms with E-state index in [2.05, 4.69) is 24.1 Å². The molecule has 0 aromatic heterocycles. The van der Waals surface area contributed by atoms with Crippen molar-refractivity contribution in [1.82, 2.24) is 15.1 Å². The Balaban J connectivity index is 2.04. The molecule has 132 valence electrons. The molecule has 0 atom stereocenters. The number of nitrogens with zero attached hydrogens (tertiary/aromatic N) is 2. The number of hydrogen-bond acceptors (Lipinski definition) is 4. The minimum absolute atomic E-state index is 0.0802. The van der Waals surface area contributed by atoms with Crippen LogP contribution >= 0.6 is 0 Å². The van der Waals surface area contributed by atoms with Crippen LogP contribution in [-0.2, 0) is 4.79 Å². The third kappa shape index (κ3) is 3.69. The summed E-state index contributed by atoms with van der Waals surface area (Å²) >= 11 is 0. The van der Waals surface area contributed by atoms with Crippen molar-refractivity contribution in [2.45, 2.75) is 64.5 Å². The Morgan fingerprint density at radius 1 is 1.22 bits per heavy atom. The summed E-state index contributed by atoms with van der Waals surface area (Å²) in [5.41, 5.74) is 5.12. The molecule has 2 rings (SSSR count). The third-order valence-corrected chi connectivity index (χ3v) is 5.46. The predicted octanol–water partition coefficient (Wildman–Crippen LogP) is 1.55. The first-order valence-corrected chi connectivity index (χ1v) is 8.90. The number of nitrogens with one attached hydrogen (secondary N) is 1. The highest BCUT2D eigenvalue weighted by atomic mass is 16.2. The quantitative estimate of drug-likeness (QED) is 0.727.